The molecule has 0 saturated carbocycles. The number of rotatable bonds is 2. The zero-order chi connectivity index (χ0) is 9.80. The zero-order valence-electron chi connectivity index (χ0n) is 8.09. The van der Waals surface area contributed by atoms with Gasteiger partial charge < -0.3 is 5.32 Å². The van der Waals surface area contributed by atoms with Crippen LogP contribution in [0.1, 0.15) is 5.56 Å². The number of hydrogen-bond acceptors (Lipinski definition) is 2. The molecule has 2 rings (SSSR count). The van der Waals surface area contributed by atoms with Gasteiger partial charge in [0.05, 0.1) is 0 Å². The minimum atomic E-state index is -0.266. The van der Waals surface area contributed by atoms with Crippen molar-refractivity contribution in [3.8, 4) is 0 Å². The van der Waals surface area contributed by atoms with E-state index in [9.17, 15) is 4.39 Å². The summed E-state index contributed by atoms with van der Waals surface area (Å²) in [7, 11) is 0. The maximum atomic E-state index is 12.8. The molecule has 0 amide bonds. The van der Waals surface area contributed by atoms with E-state index < -0.39 is 0 Å². The number of nitrogens with one attached hydrogen (secondary N) is 1. The van der Waals surface area contributed by atoms with Crippen LogP contribution in [-0.2, 0) is 6.54 Å². The summed E-state index contributed by atoms with van der Waals surface area (Å²) < 4.78 is 12.8. The SMILES string of the molecule is Fc1[c]c(CN2CCNCC2)ccc1. The summed E-state index contributed by atoms with van der Waals surface area (Å²) >= 11 is 0. The van der Waals surface area contributed by atoms with Crippen molar-refractivity contribution in [2.24, 2.45) is 0 Å². The van der Waals surface area contributed by atoms with Crippen LogP contribution >= 0.6 is 0 Å². The number of hydrogen-bond donors (Lipinski definition) is 1. The van der Waals surface area contributed by atoms with Crippen molar-refractivity contribution in [2.45, 2.75) is 6.54 Å². The van der Waals surface area contributed by atoms with E-state index >= 15 is 0 Å². The van der Waals surface area contributed by atoms with Crippen LogP contribution in [-0.4, -0.2) is 31.1 Å². The Labute approximate surface area is 83.7 Å². The minimum Gasteiger partial charge on any atom is -0.314 e. The molecule has 0 spiro atoms. The molecule has 1 saturated heterocycles. The monoisotopic (exact) mass is 193 g/mol. The molecule has 0 bridgehead atoms. The Balaban J connectivity index is 1.95. The van der Waals surface area contributed by atoms with Crippen molar-refractivity contribution in [3.63, 3.8) is 0 Å². The van der Waals surface area contributed by atoms with Gasteiger partial charge in [0.2, 0.25) is 0 Å². The predicted octanol–water partition coefficient (Wildman–Crippen LogP) is 1.03. The van der Waals surface area contributed by atoms with Crippen LogP contribution in [0, 0.1) is 11.9 Å². The quantitative estimate of drug-likeness (QED) is 0.754. The average Bonchev–Trinajstić information content (AvgIpc) is 2.19. The molecule has 1 fully saturated rings. The maximum Gasteiger partial charge on any atom is 0.131 e. The molecule has 1 aromatic carbocycles. The lowest BCUT2D eigenvalue weighted by Crippen LogP contribution is -2.42. The first-order chi connectivity index (χ1) is 6.84. The van der Waals surface area contributed by atoms with E-state index in [0.29, 0.717) is 0 Å². The molecule has 75 valence electrons. The minimum absolute atomic E-state index is 0.266. The number of benzene rings is 1. The van der Waals surface area contributed by atoms with Crippen LogP contribution in [0.4, 0.5) is 4.39 Å². The van der Waals surface area contributed by atoms with Gasteiger partial charge in [-0.2, -0.15) is 0 Å². The third kappa shape index (κ3) is 2.53. The molecule has 2 nitrogen and oxygen atoms in total. The fourth-order valence-electron chi connectivity index (χ4n) is 1.69. The Morgan fingerprint density at radius 3 is 2.86 bits per heavy atom. The summed E-state index contributed by atoms with van der Waals surface area (Å²) in [6, 6.07) is 7.82. The third-order valence-electron chi connectivity index (χ3n) is 2.42. The normalized spacial score (nSPS) is 18.4. The lowest BCUT2D eigenvalue weighted by Gasteiger charge is -2.27. The summed E-state index contributed by atoms with van der Waals surface area (Å²) in [4.78, 5) is 2.31. The van der Waals surface area contributed by atoms with Gasteiger partial charge in [0.25, 0.3) is 0 Å². The topological polar surface area (TPSA) is 15.3 Å². The third-order valence-corrected chi connectivity index (χ3v) is 2.42. The maximum absolute atomic E-state index is 12.8. The highest BCUT2D eigenvalue weighted by atomic mass is 19.1. The smallest absolute Gasteiger partial charge is 0.131 e. The molecule has 1 aromatic rings. The van der Waals surface area contributed by atoms with E-state index in [-0.39, 0.29) is 5.82 Å². The summed E-state index contributed by atoms with van der Waals surface area (Å²) in [6.07, 6.45) is 0. The molecule has 3 heteroatoms. The molecular formula is C11H14FN2. The molecule has 0 unspecified atom stereocenters. The highest BCUT2D eigenvalue weighted by Gasteiger charge is 2.09. The molecular weight excluding hydrogens is 179 g/mol. The van der Waals surface area contributed by atoms with Crippen LogP contribution in [0.2, 0.25) is 0 Å². The Morgan fingerprint density at radius 2 is 2.14 bits per heavy atom. The molecule has 14 heavy (non-hydrogen) atoms. The van der Waals surface area contributed by atoms with Gasteiger partial charge in [-0.25, -0.2) is 4.39 Å². The molecule has 0 atom stereocenters. The second kappa shape index (κ2) is 4.53. The fourth-order valence-corrected chi connectivity index (χ4v) is 1.69. The van der Waals surface area contributed by atoms with Crippen molar-refractivity contribution in [1.82, 2.24) is 10.2 Å². The van der Waals surface area contributed by atoms with Gasteiger partial charge >= 0.3 is 0 Å². The second-order valence-corrected chi connectivity index (χ2v) is 3.55. The number of piperazine rings is 1. The number of halogens is 1. The molecule has 0 aromatic heterocycles. The summed E-state index contributed by atoms with van der Waals surface area (Å²) in [5.41, 5.74) is 0.937. The van der Waals surface area contributed by atoms with Gasteiger partial charge in [-0.1, -0.05) is 12.1 Å². The Hall–Kier alpha value is -0.930. The average molecular weight is 193 g/mol. The Morgan fingerprint density at radius 1 is 1.36 bits per heavy atom. The lowest BCUT2D eigenvalue weighted by molar-refractivity contribution is 0.233. The van der Waals surface area contributed by atoms with Gasteiger partial charge in [0.1, 0.15) is 5.82 Å². The van der Waals surface area contributed by atoms with E-state index in [1.165, 1.54) is 6.07 Å². The van der Waals surface area contributed by atoms with Crippen LogP contribution < -0.4 is 5.32 Å². The van der Waals surface area contributed by atoms with E-state index in [4.69, 9.17) is 0 Å². The Bertz CT molecular complexity index is 295. The fraction of sp³-hybridized carbons (Fsp3) is 0.455. The van der Waals surface area contributed by atoms with Gasteiger partial charge in [-0.05, 0) is 11.6 Å². The predicted molar refractivity (Wildman–Crippen MR) is 53.4 cm³/mol. The van der Waals surface area contributed by atoms with Crippen LogP contribution in [0.3, 0.4) is 0 Å². The first-order valence-corrected chi connectivity index (χ1v) is 4.94. The summed E-state index contributed by atoms with van der Waals surface area (Å²) in [5.74, 6) is -0.266. The van der Waals surface area contributed by atoms with Crippen molar-refractivity contribution < 1.29 is 4.39 Å². The van der Waals surface area contributed by atoms with Crippen molar-refractivity contribution >= 4 is 0 Å². The first kappa shape index (κ1) is 9.62. The van der Waals surface area contributed by atoms with Gasteiger partial charge in [0.15, 0.2) is 0 Å². The molecule has 1 N–H and O–H groups in total. The van der Waals surface area contributed by atoms with E-state index in [1.54, 1.807) is 6.07 Å². The standard InChI is InChI=1S/C11H14FN2/c12-11-3-1-2-10(8-11)9-14-6-4-13-5-7-14/h1-3,13H,4-7,9H2. The van der Waals surface area contributed by atoms with Crippen molar-refractivity contribution in [3.05, 3.63) is 35.6 Å². The second-order valence-electron chi connectivity index (χ2n) is 3.55. The van der Waals surface area contributed by atoms with Gasteiger partial charge in [-0.3, -0.25) is 4.90 Å². The molecule has 1 radical (unpaired) electrons. The molecule has 1 aliphatic heterocycles. The van der Waals surface area contributed by atoms with Crippen LogP contribution in [0.25, 0.3) is 0 Å². The first-order valence-electron chi connectivity index (χ1n) is 4.94. The van der Waals surface area contributed by atoms with E-state index in [0.717, 1.165) is 38.3 Å². The Kier molecular flexibility index (Phi) is 3.11. The highest BCUT2D eigenvalue weighted by molar-refractivity contribution is 5.14. The summed E-state index contributed by atoms with van der Waals surface area (Å²) in [6.45, 7) is 4.92. The van der Waals surface area contributed by atoms with Gasteiger partial charge in [0, 0.05) is 38.8 Å². The molecule has 0 aliphatic carbocycles. The highest BCUT2D eigenvalue weighted by Crippen LogP contribution is 2.06. The van der Waals surface area contributed by atoms with Crippen molar-refractivity contribution in [2.75, 3.05) is 26.2 Å². The van der Waals surface area contributed by atoms with Crippen LogP contribution in [0.5, 0.6) is 0 Å². The zero-order valence-corrected chi connectivity index (χ0v) is 8.09. The molecule has 1 aliphatic rings. The lowest BCUT2D eigenvalue weighted by atomic mass is 10.2. The van der Waals surface area contributed by atoms with Gasteiger partial charge in [-0.15, -0.1) is 0 Å². The molecule has 1 heterocycles. The number of nitrogens with zero attached hydrogens (tertiary/aromatic N) is 1. The van der Waals surface area contributed by atoms with E-state index in [2.05, 4.69) is 16.3 Å². The largest absolute Gasteiger partial charge is 0.314 e. The summed E-state index contributed by atoms with van der Waals surface area (Å²) in [5, 5.41) is 3.29. The van der Waals surface area contributed by atoms with E-state index in [1.807, 2.05) is 6.07 Å². The van der Waals surface area contributed by atoms with Crippen LogP contribution in [0.15, 0.2) is 18.2 Å². The van der Waals surface area contributed by atoms with Crippen molar-refractivity contribution in [1.29, 1.82) is 0 Å².